The largest absolute Gasteiger partial charge is 0.491 e. The smallest absolute Gasteiger partial charge is 0.222 e. The van der Waals surface area contributed by atoms with Crippen LogP contribution in [-0.4, -0.2) is 41.7 Å². The number of aliphatic hydroxyl groups is 1. The number of carbonyl (C=O) groups excluding carboxylic acids is 1. The fraction of sp³-hybridized carbons (Fsp3) is 0.533. The van der Waals surface area contributed by atoms with Gasteiger partial charge in [-0.1, -0.05) is 12.1 Å². The van der Waals surface area contributed by atoms with Gasteiger partial charge in [0.05, 0.1) is 12.7 Å². The maximum absolute atomic E-state index is 13.3. The van der Waals surface area contributed by atoms with Crippen LogP contribution in [0.15, 0.2) is 24.3 Å². The van der Waals surface area contributed by atoms with E-state index < -0.39 is 11.9 Å². The molecule has 1 unspecified atom stereocenters. The lowest BCUT2D eigenvalue weighted by Gasteiger charge is -2.30. The summed E-state index contributed by atoms with van der Waals surface area (Å²) in [6, 6.07) is 6.22. The quantitative estimate of drug-likeness (QED) is 0.839. The first kappa shape index (κ1) is 14.8. The summed E-state index contributed by atoms with van der Waals surface area (Å²) in [5.74, 6) is -0.146. The van der Waals surface area contributed by atoms with Crippen molar-refractivity contribution in [1.82, 2.24) is 4.90 Å². The van der Waals surface area contributed by atoms with Gasteiger partial charge in [-0.05, 0) is 31.4 Å². The second-order valence-corrected chi connectivity index (χ2v) is 5.02. The van der Waals surface area contributed by atoms with E-state index in [1.165, 1.54) is 6.07 Å². The lowest BCUT2D eigenvalue weighted by atomic mass is 10.1. The molecule has 1 saturated heterocycles. The van der Waals surface area contributed by atoms with Crippen LogP contribution in [0.3, 0.4) is 0 Å². The zero-order chi connectivity index (χ0) is 14.4. The Kier molecular flexibility index (Phi) is 5.35. The number of carbonyl (C=O) groups is 1. The zero-order valence-electron chi connectivity index (χ0n) is 11.4. The minimum atomic E-state index is -0.401. The molecule has 4 nitrogen and oxygen atoms in total. The number of para-hydroxylation sites is 1. The average molecular weight is 281 g/mol. The number of likely N-dealkylation sites (tertiary alicyclic amines) is 1. The standard InChI is InChI=1S/C15H20FNO3/c16-13-6-1-2-7-14(13)20-10-4-8-15(19)17-9-3-5-12(18)11-17/h1-2,6-7,12,18H,3-5,8-11H2. The topological polar surface area (TPSA) is 49.8 Å². The normalized spacial score (nSPS) is 18.9. The van der Waals surface area contributed by atoms with E-state index in [0.29, 0.717) is 32.5 Å². The number of β-amino-alcohol motifs (C(OH)–C–C–N with tert-alkyl or cyclic N) is 1. The third-order valence-corrected chi connectivity index (χ3v) is 3.38. The van der Waals surface area contributed by atoms with Crippen molar-refractivity contribution in [2.45, 2.75) is 31.8 Å². The van der Waals surface area contributed by atoms with Crippen molar-refractivity contribution in [2.75, 3.05) is 19.7 Å². The maximum atomic E-state index is 13.3. The molecular formula is C15H20FNO3. The van der Waals surface area contributed by atoms with Gasteiger partial charge in [0.15, 0.2) is 11.6 Å². The average Bonchev–Trinajstić information content (AvgIpc) is 2.45. The molecule has 1 heterocycles. The van der Waals surface area contributed by atoms with E-state index >= 15 is 0 Å². The summed E-state index contributed by atoms with van der Waals surface area (Å²) in [7, 11) is 0. The van der Waals surface area contributed by atoms with Crippen molar-refractivity contribution in [3.63, 3.8) is 0 Å². The van der Waals surface area contributed by atoms with Crippen molar-refractivity contribution in [1.29, 1.82) is 0 Å². The van der Waals surface area contributed by atoms with E-state index in [9.17, 15) is 14.3 Å². The zero-order valence-corrected chi connectivity index (χ0v) is 11.4. The molecule has 1 aliphatic rings. The van der Waals surface area contributed by atoms with Crippen LogP contribution in [0.25, 0.3) is 0 Å². The van der Waals surface area contributed by atoms with E-state index in [4.69, 9.17) is 4.74 Å². The Hall–Kier alpha value is -1.62. The van der Waals surface area contributed by atoms with Crippen molar-refractivity contribution in [3.8, 4) is 5.75 Å². The van der Waals surface area contributed by atoms with Gasteiger partial charge in [0.25, 0.3) is 0 Å². The van der Waals surface area contributed by atoms with Crippen LogP contribution in [0.4, 0.5) is 4.39 Å². The molecule has 1 atom stereocenters. The summed E-state index contributed by atoms with van der Waals surface area (Å²) < 4.78 is 18.6. The van der Waals surface area contributed by atoms with Crippen molar-refractivity contribution in [3.05, 3.63) is 30.1 Å². The lowest BCUT2D eigenvalue weighted by molar-refractivity contribution is -0.134. The number of piperidine rings is 1. The minimum absolute atomic E-state index is 0.0286. The number of nitrogens with zero attached hydrogens (tertiary/aromatic N) is 1. The van der Waals surface area contributed by atoms with Gasteiger partial charge < -0.3 is 14.7 Å². The monoisotopic (exact) mass is 281 g/mol. The molecular weight excluding hydrogens is 261 g/mol. The van der Waals surface area contributed by atoms with Gasteiger partial charge in [-0.25, -0.2) is 4.39 Å². The van der Waals surface area contributed by atoms with Crippen LogP contribution in [-0.2, 0) is 4.79 Å². The summed E-state index contributed by atoms with van der Waals surface area (Å²) in [5.41, 5.74) is 0. The molecule has 1 N–H and O–H groups in total. The number of halogens is 1. The van der Waals surface area contributed by atoms with E-state index in [1.54, 1.807) is 23.1 Å². The number of ether oxygens (including phenoxy) is 1. The second kappa shape index (κ2) is 7.24. The highest BCUT2D eigenvalue weighted by Gasteiger charge is 2.21. The Morgan fingerprint density at radius 1 is 1.45 bits per heavy atom. The first-order valence-electron chi connectivity index (χ1n) is 7.00. The third kappa shape index (κ3) is 4.20. The van der Waals surface area contributed by atoms with Gasteiger partial charge in [-0.2, -0.15) is 0 Å². The molecule has 2 rings (SSSR count). The van der Waals surface area contributed by atoms with Crippen molar-refractivity contribution in [2.24, 2.45) is 0 Å². The summed E-state index contributed by atoms with van der Waals surface area (Å²) >= 11 is 0. The summed E-state index contributed by atoms with van der Waals surface area (Å²) in [4.78, 5) is 13.6. The lowest BCUT2D eigenvalue weighted by Crippen LogP contribution is -2.42. The third-order valence-electron chi connectivity index (χ3n) is 3.38. The Labute approximate surface area is 118 Å². The van der Waals surface area contributed by atoms with Gasteiger partial charge in [0.2, 0.25) is 5.91 Å². The summed E-state index contributed by atoms with van der Waals surface area (Å²) in [6.07, 6.45) is 2.11. The van der Waals surface area contributed by atoms with Crippen LogP contribution < -0.4 is 4.74 Å². The van der Waals surface area contributed by atoms with Crippen molar-refractivity contribution >= 4 is 5.91 Å². The Morgan fingerprint density at radius 2 is 2.25 bits per heavy atom. The fourth-order valence-electron chi connectivity index (χ4n) is 2.31. The Morgan fingerprint density at radius 3 is 3.00 bits per heavy atom. The number of benzene rings is 1. The Balaban J connectivity index is 1.68. The molecule has 1 amide bonds. The van der Waals surface area contributed by atoms with Gasteiger partial charge in [-0.15, -0.1) is 0 Å². The second-order valence-electron chi connectivity index (χ2n) is 5.02. The SMILES string of the molecule is O=C(CCCOc1ccccc1F)N1CCCC(O)C1. The molecule has 110 valence electrons. The Bertz CT molecular complexity index is 452. The highest BCUT2D eigenvalue weighted by Crippen LogP contribution is 2.16. The number of rotatable bonds is 5. The first-order valence-corrected chi connectivity index (χ1v) is 7.00. The van der Waals surface area contributed by atoms with Gasteiger partial charge in [0.1, 0.15) is 0 Å². The van der Waals surface area contributed by atoms with Crippen LogP contribution in [0.2, 0.25) is 0 Å². The van der Waals surface area contributed by atoms with Gasteiger partial charge in [-0.3, -0.25) is 4.79 Å². The molecule has 0 radical (unpaired) electrons. The van der Waals surface area contributed by atoms with Crippen LogP contribution in [0, 0.1) is 5.82 Å². The van der Waals surface area contributed by atoms with E-state index in [2.05, 4.69) is 0 Å². The molecule has 0 aromatic heterocycles. The van der Waals surface area contributed by atoms with Crippen LogP contribution >= 0.6 is 0 Å². The van der Waals surface area contributed by atoms with E-state index in [1.807, 2.05) is 0 Å². The highest BCUT2D eigenvalue weighted by molar-refractivity contribution is 5.76. The molecule has 20 heavy (non-hydrogen) atoms. The van der Waals surface area contributed by atoms with Crippen LogP contribution in [0.1, 0.15) is 25.7 Å². The molecule has 1 aromatic carbocycles. The molecule has 0 bridgehead atoms. The van der Waals surface area contributed by atoms with Gasteiger partial charge >= 0.3 is 0 Å². The number of amides is 1. The number of hydrogen-bond acceptors (Lipinski definition) is 3. The summed E-state index contributed by atoms with van der Waals surface area (Å²) in [6.45, 7) is 1.44. The predicted octanol–water partition coefficient (Wildman–Crippen LogP) is 1.97. The number of aliphatic hydroxyl groups excluding tert-OH is 1. The van der Waals surface area contributed by atoms with Gasteiger partial charge in [0, 0.05) is 19.5 Å². The van der Waals surface area contributed by atoms with E-state index in [-0.39, 0.29) is 11.7 Å². The fourth-order valence-corrected chi connectivity index (χ4v) is 2.31. The molecule has 1 aliphatic heterocycles. The van der Waals surface area contributed by atoms with Crippen LogP contribution in [0.5, 0.6) is 5.75 Å². The predicted molar refractivity (Wildman–Crippen MR) is 72.9 cm³/mol. The number of hydrogen-bond donors (Lipinski definition) is 1. The highest BCUT2D eigenvalue weighted by atomic mass is 19.1. The summed E-state index contributed by atoms with van der Waals surface area (Å²) in [5, 5.41) is 9.52. The first-order chi connectivity index (χ1) is 9.66. The molecule has 1 aromatic rings. The molecule has 0 saturated carbocycles. The molecule has 1 fully saturated rings. The maximum Gasteiger partial charge on any atom is 0.222 e. The molecule has 0 aliphatic carbocycles. The molecule has 5 heteroatoms. The van der Waals surface area contributed by atoms with Crippen molar-refractivity contribution < 1.29 is 19.0 Å². The minimum Gasteiger partial charge on any atom is -0.491 e. The molecule has 0 spiro atoms. The van der Waals surface area contributed by atoms with E-state index in [0.717, 1.165) is 12.8 Å².